The molecule has 0 aliphatic rings. The second-order valence-corrected chi connectivity index (χ2v) is 4.81. The predicted octanol–water partition coefficient (Wildman–Crippen LogP) is 3.63. The number of Topliss-reactive ketones (excluding diaryl/α,β-unsaturated/α-hetero) is 1. The average Bonchev–Trinajstić information content (AvgIpc) is 2.48. The van der Waals surface area contributed by atoms with Gasteiger partial charge in [-0.25, -0.2) is 4.98 Å². The maximum atomic E-state index is 11.4. The maximum absolute atomic E-state index is 11.4. The van der Waals surface area contributed by atoms with Gasteiger partial charge in [-0.3, -0.25) is 4.79 Å². The van der Waals surface area contributed by atoms with Crippen molar-refractivity contribution < 1.29 is 4.79 Å². The molecule has 0 fully saturated rings. The van der Waals surface area contributed by atoms with Gasteiger partial charge in [0.1, 0.15) is 5.82 Å². The summed E-state index contributed by atoms with van der Waals surface area (Å²) in [5.74, 6) is 1.35. The summed E-state index contributed by atoms with van der Waals surface area (Å²) in [5.41, 5.74) is 1.51. The fraction of sp³-hybridized carbons (Fsp3) is 0.312. The molecule has 0 atom stereocenters. The lowest BCUT2D eigenvalue weighted by molar-refractivity contribution is 0.101. The van der Waals surface area contributed by atoms with E-state index in [1.165, 1.54) is 0 Å². The molecular weight excluding hydrogens is 264 g/mol. The zero-order valence-electron chi connectivity index (χ0n) is 12.4. The van der Waals surface area contributed by atoms with Gasteiger partial charge < -0.3 is 10.6 Å². The maximum Gasteiger partial charge on any atom is 0.224 e. The van der Waals surface area contributed by atoms with E-state index < -0.39 is 0 Å². The SMILES string of the molecule is CCCCNc1nccc(Nc2cccc(C(C)=O)c2)n1. The van der Waals surface area contributed by atoms with Gasteiger partial charge in [0, 0.05) is 24.0 Å². The van der Waals surface area contributed by atoms with E-state index in [0.717, 1.165) is 25.1 Å². The van der Waals surface area contributed by atoms with Gasteiger partial charge in [0.25, 0.3) is 0 Å². The van der Waals surface area contributed by atoms with Gasteiger partial charge in [0.15, 0.2) is 5.78 Å². The smallest absolute Gasteiger partial charge is 0.224 e. The molecule has 2 N–H and O–H groups in total. The zero-order chi connectivity index (χ0) is 15.1. The Bertz CT molecular complexity index is 613. The van der Waals surface area contributed by atoms with E-state index >= 15 is 0 Å². The third-order valence-electron chi connectivity index (χ3n) is 3.01. The van der Waals surface area contributed by atoms with E-state index in [4.69, 9.17) is 0 Å². The van der Waals surface area contributed by atoms with Gasteiger partial charge in [-0.2, -0.15) is 4.98 Å². The quantitative estimate of drug-likeness (QED) is 0.600. The monoisotopic (exact) mass is 284 g/mol. The molecular formula is C16H20N4O. The first kappa shape index (κ1) is 15.0. The van der Waals surface area contributed by atoms with Crippen molar-refractivity contribution in [3.8, 4) is 0 Å². The molecule has 0 bridgehead atoms. The molecule has 0 saturated heterocycles. The van der Waals surface area contributed by atoms with Crippen LogP contribution in [0.5, 0.6) is 0 Å². The summed E-state index contributed by atoms with van der Waals surface area (Å²) in [7, 11) is 0. The van der Waals surface area contributed by atoms with Crippen molar-refractivity contribution in [3.05, 3.63) is 42.1 Å². The molecule has 2 aromatic rings. The number of anilines is 3. The molecule has 1 aromatic carbocycles. The van der Waals surface area contributed by atoms with Crippen molar-refractivity contribution in [1.29, 1.82) is 0 Å². The minimum atomic E-state index is 0.0447. The van der Waals surface area contributed by atoms with Gasteiger partial charge in [-0.15, -0.1) is 0 Å². The first-order valence-corrected chi connectivity index (χ1v) is 7.14. The highest BCUT2D eigenvalue weighted by Crippen LogP contribution is 2.17. The van der Waals surface area contributed by atoms with Crippen LogP contribution in [0.1, 0.15) is 37.0 Å². The third kappa shape index (κ3) is 4.56. The van der Waals surface area contributed by atoms with Crippen LogP contribution in [0.2, 0.25) is 0 Å². The van der Waals surface area contributed by atoms with E-state index in [0.29, 0.717) is 17.3 Å². The number of carbonyl (C=O) groups excluding carboxylic acids is 1. The molecule has 1 heterocycles. The summed E-state index contributed by atoms with van der Waals surface area (Å²) < 4.78 is 0. The summed E-state index contributed by atoms with van der Waals surface area (Å²) in [6.45, 7) is 4.56. The number of aromatic nitrogens is 2. The number of unbranched alkanes of at least 4 members (excludes halogenated alkanes) is 1. The van der Waals surface area contributed by atoms with Crippen LogP contribution >= 0.6 is 0 Å². The van der Waals surface area contributed by atoms with Crippen molar-refractivity contribution in [2.45, 2.75) is 26.7 Å². The molecule has 0 aliphatic heterocycles. The number of nitrogens with zero attached hydrogens (tertiary/aromatic N) is 2. The van der Waals surface area contributed by atoms with Gasteiger partial charge >= 0.3 is 0 Å². The Morgan fingerprint density at radius 3 is 2.90 bits per heavy atom. The van der Waals surface area contributed by atoms with Crippen LogP contribution in [0.15, 0.2) is 36.5 Å². The van der Waals surface area contributed by atoms with E-state index in [-0.39, 0.29) is 5.78 Å². The number of nitrogens with one attached hydrogen (secondary N) is 2. The molecule has 0 unspecified atom stereocenters. The highest BCUT2D eigenvalue weighted by molar-refractivity contribution is 5.95. The fourth-order valence-electron chi connectivity index (χ4n) is 1.85. The minimum Gasteiger partial charge on any atom is -0.354 e. The van der Waals surface area contributed by atoms with E-state index in [9.17, 15) is 4.79 Å². The summed E-state index contributed by atoms with van der Waals surface area (Å²) in [5, 5.41) is 6.37. The van der Waals surface area contributed by atoms with E-state index in [1.54, 1.807) is 25.3 Å². The highest BCUT2D eigenvalue weighted by Gasteiger charge is 2.02. The Morgan fingerprint density at radius 2 is 2.14 bits per heavy atom. The fourth-order valence-corrected chi connectivity index (χ4v) is 1.85. The first-order chi connectivity index (χ1) is 10.2. The number of carbonyl (C=O) groups is 1. The predicted molar refractivity (Wildman–Crippen MR) is 85.2 cm³/mol. The third-order valence-corrected chi connectivity index (χ3v) is 3.01. The zero-order valence-corrected chi connectivity index (χ0v) is 12.4. The lowest BCUT2D eigenvalue weighted by atomic mass is 10.1. The second kappa shape index (κ2) is 7.38. The molecule has 5 nitrogen and oxygen atoms in total. The number of benzene rings is 1. The number of hydrogen-bond acceptors (Lipinski definition) is 5. The lowest BCUT2D eigenvalue weighted by Crippen LogP contribution is -2.06. The Morgan fingerprint density at radius 1 is 1.29 bits per heavy atom. The molecule has 2 rings (SSSR count). The lowest BCUT2D eigenvalue weighted by Gasteiger charge is -2.08. The summed E-state index contributed by atoms with van der Waals surface area (Å²) in [6.07, 6.45) is 3.92. The highest BCUT2D eigenvalue weighted by atomic mass is 16.1. The van der Waals surface area contributed by atoms with Crippen LogP contribution in [-0.2, 0) is 0 Å². The number of rotatable bonds is 7. The Balaban J connectivity index is 2.07. The standard InChI is InChI=1S/C16H20N4O/c1-3-4-9-17-16-18-10-8-15(20-16)19-14-7-5-6-13(11-14)12(2)21/h5-8,10-11H,3-4,9H2,1-2H3,(H2,17,18,19,20). The first-order valence-electron chi connectivity index (χ1n) is 7.14. The summed E-state index contributed by atoms with van der Waals surface area (Å²) in [4.78, 5) is 20.0. The van der Waals surface area contributed by atoms with Crippen molar-refractivity contribution in [1.82, 2.24) is 9.97 Å². The minimum absolute atomic E-state index is 0.0447. The van der Waals surface area contributed by atoms with Crippen molar-refractivity contribution in [2.24, 2.45) is 0 Å². The molecule has 21 heavy (non-hydrogen) atoms. The molecule has 0 radical (unpaired) electrons. The van der Waals surface area contributed by atoms with Gasteiger partial charge in [0.2, 0.25) is 5.95 Å². The summed E-state index contributed by atoms with van der Waals surface area (Å²) >= 11 is 0. The van der Waals surface area contributed by atoms with Gasteiger partial charge in [0.05, 0.1) is 0 Å². The van der Waals surface area contributed by atoms with Crippen molar-refractivity contribution >= 4 is 23.2 Å². The Kier molecular flexibility index (Phi) is 5.26. The molecule has 110 valence electrons. The average molecular weight is 284 g/mol. The van der Waals surface area contributed by atoms with Crippen molar-refractivity contribution in [3.63, 3.8) is 0 Å². The molecule has 1 aromatic heterocycles. The van der Waals surface area contributed by atoms with E-state index in [2.05, 4.69) is 27.5 Å². The van der Waals surface area contributed by atoms with Crippen LogP contribution in [0.3, 0.4) is 0 Å². The largest absolute Gasteiger partial charge is 0.354 e. The van der Waals surface area contributed by atoms with Gasteiger partial charge in [-0.05, 0) is 31.5 Å². The van der Waals surface area contributed by atoms with Crippen LogP contribution in [0.25, 0.3) is 0 Å². The molecule has 0 aliphatic carbocycles. The Hall–Kier alpha value is -2.43. The van der Waals surface area contributed by atoms with Gasteiger partial charge in [-0.1, -0.05) is 25.5 Å². The van der Waals surface area contributed by atoms with Crippen LogP contribution in [0, 0.1) is 0 Å². The topological polar surface area (TPSA) is 66.9 Å². The van der Waals surface area contributed by atoms with Crippen molar-refractivity contribution in [2.75, 3.05) is 17.2 Å². The normalized spacial score (nSPS) is 10.2. The number of hydrogen-bond donors (Lipinski definition) is 2. The van der Waals surface area contributed by atoms with Crippen LogP contribution < -0.4 is 10.6 Å². The molecule has 0 spiro atoms. The van der Waals surface area contributed by atoms with Crippen LogP contribution in [-0.4, -0.2) is 22.3 Å². The number of ketones is 1. The van der Waals surface area contributed by atoms with E-state index in [1.807, 2.05) is 18.2 Å². The molecule has 0 saturated carbocycles. The van der Waals surface area contributed by atoms with Crippen LogP contribution in [0.4, 0.5) is 17.5 Å². The summed E-state index contributed by atoms with van der Waals surface area (Å²) in [6, 6.07) is 9.16. The molecule has 5 heteroatoms. The molecule has 0 amide bonds. The Labute approximate surface area is 124 Å². The second-order valence-electron chi connectivity index (χ2n) is 4.81.